The zero-order valence-corrected chi connectivity index (χ0v) is 33.2. The molecule has 0 aromatic heterocycles. The highest BCUT2D eigenvalue weighted by Gasteiger charge is 2.22. The Kier molecular flexibility index (Phi) is 36.2. The Morgan fingerprint density at radius 3 is 1.24 bits per heavy atom. The summed E-state index contributed by atoms with van der Waals surface area (Å²) in [6, 6.07) is 0. The van der Waals surface area contributed by atoms with Crippen LogP contribution in [-0.4, -0.2) is 41.0 Å². The van der Waals surface area contributed by atoms with Crippen molar-refractivity contribution >= 4 is 19.8 Å². The average molecular weight is 729 g/mol. The van der Waals surface area contributed by atoms with E-state index in [9.17, 15) is 14.2 Å². The second kappa shape index (κ2) is 37.3. The minimum atomic E-state index is -4.75. The first kappa shape index (κ1) is 48.5. The Bertz CT molecular complexity index is 869. The summed E-state index contributed by atoms with van der Waals surface area (Å²) in [5.41, 5.74) is 0. The molecule has 0 saturated heterocycles. The lowest BCUT2D eigenvalue weighted by Gasteiger charge is -2.18. The first-order valence-electron chi connectivity index (χ1n) is 20.6. The maximum absolute atomic E-state index is 12.4. The van der Waals surface area contributed by atoms with E-state index in [4.69, 9.17) is 19.3 Å². The van der Waals surface area contributed by atoms with Gasteiger partial charge in [0.2, 0.25) is 0 Å². The zero-order chi connectivity index (χ0) is 36.8. The predicted octanol–water partition coefficient (Wildman–Crippen LogP) is 12.4. The van der Waals surface area contributed by atoms with Gasteiger partial charge in [-0.2, -0.15) is 0 Å². The van der Waals surface area contributed by atoms with E-state index in [1.54, 1.807) is 0 Å². The molecule has 0 aromatic carbocycles. The third-order valence-electron chi connectivity index (χ3n) is 8.94. The highest BCUT2D eigenvalue weighted by molar-refractivity contribution is 7.46. The smallest absolute Gasteiger partial charge is 0.462 e. The number of rotatable bonds is 38. The van der Waals surface area contributed by atoms with Crippen molar-refractivity contribution in [3.05, 3.63) is 24.3 Å². The van der Waals surface area contributed by atoms with Gasteiger partial charge in [-0.25, -0.2) is 4.57 Å². The van der Waals surface area contributed by atoms with Crippen LogP contribution in [0, 0.1) is 0 Å². The molecule has 9 heteroatoms. The second-order valence-electron chi connectivity index (χ2n) is 14.0. The van der Waals surface area contributed by atoms with Gasteiger partial charge in [0.25, 0.3) is 0 Å². The molecule has 0 spiro atoms. The van der Waals surface area contributed by atoms with E-state index in [2.05, 4.69) is 42.7 Å². The summed E-state index contributed by atoms with van der Waals surface area (Å²) >= 11 is 0. The number of carbonyl (C=O) groups excluding carboxylic acids is 2. The fourth-order valence-corrected chi connectivity index (χ4v) is 6.19. The molecule has 1 unspecified atom stereocenters. The molecule has 0 bridgehead atoms. The maximum Gasteiger partial charge on any atom is 0.469 e. The molecule has 8 nitrogen and oxygen atoms in total. The van der Waals surface area contributed by atoms with Gasteiger partial charge in [0.05, 0.1) is 6.61 Å². The summed E-state index contributed by atoms with van der Waals surface area (Å²) in [5.74, 6) is -0.892. The number of allylic oxidation sites excluding steroid dienone is 4. The van der Waals surface area contributed by atoms with Gasteiger partial charge in [-0.15, -0.1) is 0 Å². The Morgan fingerprint density at radius 1 is 0.500 bits per heavy atom. The molecule has 0 aromatic rings. The van der Waals surface area contributed by atoms with E-state index in [0.717, 1.165) is 51.4 Å². The molecule has 2 N–H and O–H groups in total. The molecule has 0 amide bonds. The Labute approximate surface area is 307 Å². The van der Waals surface area contributed by atoms with Crippen LogP contribution >= 0.6 is 7.82 Å². The Morgan fingerprint density at radius 2 is 0.840 bits per heavy atom. The van der Waals surface area contributed by atoms with Crippen molar-refractivity contribution in [1.29, 1.82) is 0 Å². The summed E-state index contributed by atoms with van der Waals surface area (Å²) in [4.78, 5) is 42.8. The molecular formula is C41H77O8P. The molecule has 294 valence electrons. The summed E-state index contributed by atoms with van der Waals surface area (Å²) in [5, 5.41) is 0. The van der Waals surface area contributed by atoms with Crippen molar-refractivity contribution in [2.24, 2.45) is 0 Å². The maximum atomic E-state index is 12.4. The summed E-state index contributed by atoms with van der Waals surface area (Å²) < 4.78 is 26.4. The molecule has 0 fully saturated rings. The van der Waals surface area contributed by atoms with Crippen molar-refractivity contribution in [3.63, 3.8) is 0 Å². The fraction of sp³-hybridized carbons (Fsp3) is 0.854. The van der Waals surface area contributed by atoms with Crippen molar-refractivity contribution in [2.45, 2.75) is 213 Å². The average Bonchev–Trinajstić information content (AvgIpc) is 3.08. The van der Waals surface area contributed by atoms with E-state index in [1.807, 2.05) is 0 Å². The lowest BCUT2D eigenvalue weighted by atomic mass is 10.1. The van der Waals surface area contributed by atoms with Crippen LogP contribution in [0.5, 0.6) is 0 Å². The van der Waals surface area contributed by atoms with Crippen molar-refractivity contribution in [1.82, 2.24) is 0 Å². The second-order valence-corrected chi connectivity index (χ2v) is 15.2. The number of unbranched alkanes of at least 4 members (excludes halogenated alkanes) is 24. The molecule has 0 rings (SSSR count). The predicted molar refractivity (Wildman–Crippen MR) is 207 cm³/mol. The number of esters is 2. The van der Waals surface area contributed by atoms with E-state index in [0.29, 0.717) is 12.8 Å². The van der Waals surface area contributed by atoms with Crippen LogP contribution < -0.4 is 0 Å². The van der Waals surface area contributed by atoms with Gasteiger partial charge in [0.15, 0.2) is 6.10 Å². The Hall–Kier alpha value is -1.47. The zero-order valence-electron chi connectivity index (χ0n) is 32.3. The molecule has 0 radical (unpaired) electrons. The first-order chi connectivity index (χ1) is 24.3. The van der Waals surface area contributed by atoms with Gasteiger partial charge in [-0.05, 0) is 64.2 Å². The van der Waals surface area contributed by atoms with Crippen LogP contribution in [-0.2, 0) is 28.2 Å². The van der Waals surface area contributed by atoms with Crippen LogP contribution in [0.25, 0.3) is 0 Å². The standard InChI is InChI=1S/C41H77O8P/c1-3-5-7-9-11-13-15-17-18-19-20-21-22-24-26-28-30-32-34-36-41(43)49-39(38-48-50(44,45)46)37-47-40(42)35-33-31-29-27-25-23-16-14-12-10-8-6-4-2/h14,16-18,39H,3-13,15,19-38H2,1-2H3,(H2,44,45,46)/b16-14-,18-17-. The van der Waals surface area contributed by atoms with Gasteiger partial charge in [0.1, 0.15) is 6.61 Å². The lowest BCUT2D eigenvalue weighted by molar-refractivity contribution is -0.161. The normalized spacial score (nSPS) is 12.6. The number of carbonyl (C=O) groups is 2. The van der Waals surface area contributed by atoms with Gasteiger partial charge < -0.3 is 19.3 Å². The molecule has 0 heterocycles. The summed E-state index contributed by atoms with van der Waals surface area (Å²) in [7, 11) is -4.75. The van der Waals surface area contributed by atoms with Gasteiger partial charge in [-0.1, -0.05) is 154 Å². The van der Waals surface area contributed by atoms with E-state index >= 15 is 0 Å². The number of hydrogen-bond acceptors (Lipinski definition) is 6. The largest absolute Gasteiger partial charge is 0.469 e. The quantitative estimate of drug-likeness (QED) is 0.0279. The molecule has 0 aliphatic carbocycles. The molecular weight excluding hydrogens is 651 g/mol. The van der Waals surface area contributed by atoms with Crippen molar-refractivity contribution in [2.75, 3.05) is 13.2 Å². The van der Waals surface area contributed by atoms with E-state index in [1.165, 1.54) is 116 Å². The monoisotopic (exact) mass is 729 g/mol. The van der Waals surface area contributed by atoms with Gasteiger partial charge in [-0.3, -0.25) is 14.1 Å². The topological polar surface area (TPSA) is 119 Å². The molecule has 0 aliphatic heterocycles. The van der Waals surface area contributed by atoms with E-state index < -0.39 is 32.5 Å². The third-order valence-corrected chi connectivity index (χ3v) is 9.43. The third kappa shape index (κ3) is 39.3. The van der Waals surface area contributed by atoms with Crippen LogP contribution in [0.4, 0.5) is 0 Å². The minimum absolute atomic E-state index is 0.210. The number of ether oxygens (including phenoxy) is 2. The summed E-state index contributed by atoms with van der Waals surface area (Å²) in [6.45, 7) is 3.66. The van der Waals surface area contributed by atoms with Gasteiger partial charge >= 0.3 is 19.8 Å². The highest BCUT2D eigenvalue weighted by Crippen LogP contribution is 2.36. The number of phosphoric acid groups is 1. The van der Waals surface area contributed by atoms with Crippen molar-refractivity contribution < 1.29 is 37.9 Å². The number of hydrogen-bond donors (Lipinski definition) is 2. The van der Waals surface area contributed by atoms with Crippen LogP contribution in [0.3, 0.4) is 0 Å². The van der Waals surface area contributed by atoms with E-state index in [-0.39, 0.29) is 19.4 Å². The SMILES string of the molecule is CCCCCC/C=C\CCCCCCCC(=O)OCC(COP(=O)(O)O)OC(=O)CCCCCCCCCCC/C=C\CCCCCCCC. The van der Waals surface area contributed by atoms with Crippen molar-refractivity contribution in [3.8, 4) is 0 Å². The molecule has 50 heavy (non-hydrogen) atoms. The molecule has 0 saturated carbocycles. The highest BCUT2D eigenvalue weighted by atomic mass is 31.2. The fourth-order valence-electron chi connectivity index (χ4n) is 5.83. The van der Waals surface area contributed by atoms with Gasteiger partial charge in [0, 0.05) is 12.8 Å². The number of phosphoric ester groups is 1. The van der Waals surface area contributed by atoms with Crippen LogP contribution in [0.15, 0.2) is 24.3 Å². The van der Waals surface area contributed by atoms with Crippen LogP contribution in [0.1, 0.15) is 206 Å². The molecule has 1 atom stereocenters. The van der Waals surface area contributed by atoms with Crippen LogP contribution in [0.2, 0.25) is 0 Å². The lowest BCUT2D eigenvalue weighted by Crippen LogP contribution is -2.29. The first-order valence-corrected chi connectivity index (χ1v) is 22.2. The Balaban J connectivity index is 3.90. The minimum Gasteiger partial charge on any atom is -0.462 e. The molecule has 0 aliphatic rings. The summed E-state index contributed by atoms with van der Waals surface area (Å²) in [6.07, 6.45) is 41.8.